The maximum atomic E-state index is 13.5. The lowest BCUT2D eigenvalue weighted by Gasteiger charge is -2.76. The first-order valence-corrected chi connectivity index (χ1v) is 15.6. The lowest BCUT2D eigenvalue weighted by atomic mass is 9.28. The lowest BCUT2D eigenvalue weighted by Crippen LogP contribution is -2.70. The first kappa shape index (κ1) is 29.1. The molecule has 0 aromatic carbocycles. The van der Waals surface area contributed by atoms with Crippen LogP contribution in [0, 0.1) is 50.2 Å². The van der Waals surface area contributed by atoms with Crippen molar-refractivity contribution >= 4 is 11.9 Å². The average Bonchev–Trinajstić information content (AvgIpc) is 3.15. The SMILES string of the molecule is CC(=O)O[C@H]1CCC2(C)[C@@H](CC[C@@]3(C)[C@]4(C)CCC5(C(=O)NN)C[C@H](O)C(C(C)C)=C5[C@H]4CC[C@]23C)C1(C)C. The van der Waals surface area contributed by atoms with Crippen molar-refractivity contribution in [2.24, 2.45) is 56.1 Å². The third-order valence-electron chi connectivity index (χ3n) is 14.4. The molecule has 0 bridgehead atoms. The van der Waals surface area contributed by atoms with Crippen LogP contribution in [0.2, 0.25) is 0 Å². The molecule has 5 rings (SSSR count). The number of hydrazine groups is 1. The van der Waals surface area contributed by atoms with Crippen LogP contribution in [-0.4, -0.2) is 29.2 Å². The third-order valence-corrected chi connectivity index (χ3v) is 14.4. The predicted molar refractivity (Wildman–Crippen MR) is 153 cm³/mol. The number of nitrogens with two attached hydrogens (primary N) is 1. The molecule has 0 spiro atoms. The topological polar surface area (TPSA) is 102 Å². The molecular formula is C33H54N2O4. The molecule has 6 heteroatoms. The van der Waals surface area contributed by atoms with Gasteiger partial charge >= 0.3 is 5.97 Å². The summed E-state index contributed by atoms with van der Waals surface area (Å²) >= 11 is 0. The van der Waals surface area contributed by atoms with Gasteiger partial charge in [0, 0.05) is 12.3 Å². The zero-order chi connectivity index (χ0) is 29.0. The number of esters is 1. The Hall–Kier alpha value is -1.40. The van der Waals surface area contributed by atoms with E-state index in [4.69, 9.17) is 10.6 Å². The minimum absolute atomic E-state index is 0.0166. The predicted octanol–water partition coefficient (Wildman–Crippen LogP) is 6.07. The number of hydrogen-bond donors (Lipinski definition) is 3. The number of hydrogen-bond acceptors (Lipinski definition) is 5. The molecule has 5 aliphatic rings. The fourth-order valence-electron chi connectivity index (χ4n) is 12.1. The van der Waals surface area contributed by atoms with Gasteiger partial charge in [0.1, 0.15) is 6.10 Å². The van der Waals surface area contributed by atoms with E-state index in [9.17, 15) is 14.7 Å². The number of nitrogens with one attached hydrogen (secondary N) is 1. The van der Waals surface area contributed by atoms with Crippen molar-refractivity contribution in [3.8, 4) is 0 Å². The highest BCUT2D eigenvalue weighted by molar-refractivity contribution is 5.87. The lowest BCUT2D eigenvalue weighted by molar-refractivity contribution is -0.277. The van der Waals surface area contributed by atoms with E-state index in [0.717, 1.165) is 56.9 Å². The van der Waals surface area contributed by atoms with Gasteiger partial charge in [-0.2, -0.15) is 0 Å². The number of aliphatic hydroxyl groups excluding tert-OH is 1. The van der Waals surface area contributed by atoms with Crippen molar-refractivity contribution in [1.29, 1.82) is 0 Å². The second kappa shape index (κ2) is 8.80. The van der Waals surface area contributed by atoms with E-state index in [1.165, 1.54) is 5.57 Å². The summed E-state index contributed by atoms with van der Waals surface area (Å²) in [4.78, 5) is 25.5. The van der Waals surface area contributed by atoms with Crippen LogP contribution in [0.4, 0.5) is 0 Å². The summed E-state index contributed by atoms with van der Waals surface area (Å²) in [6, 6.07) is 0. The van der Waals surface area contributed by atoms with Gasteiger partial charge in [0.25, 0.3) is 0 Å². The van der Waals surface area contributed by atoms with Gasteiger partial charge in [0.15, 0.2) is 0 Å². The quantitative estimate of drug-likeness (QED) is 0.132. The van der Waals surface area contributed by atoms with Crippen molar-refractivity contribution < 1.29 is 19.4 Å². The summed E-state index contributed by atoms with van der Waals surface area (Å²) in [7, 11) is 0. The average molecular weight is 543 g/mol. The zero-order valence-corrected chi connectivity index (χ0v) is 26.0. The van der Waals surface area contributed by atoms with Crippen LogP contribution in [-0.2, 0) is 14.3 Å². The normalized spacial score (nSPS) is 48.5. The van der Waals surface area contributed by atoms with Crippen molar-refractivity contribution in [1.82, 2.24) is 5.43 Å². The second-order valence-corrected chi connectivity index (χ2v) is 15.9. The fourth-order valence-corrected chi connectivity index (χ4v) is 12.1. The fraction of sp³-hybridized carbons (Fsp3) is 0.879. The molecule has 4 saturated carbocycles. The van der Waals surface area contributed by atoms with Crippen LogP contribution >= 0.6 is 0 Å². The number of fused-ring (bicyclic) bond motifs is 7. The van der Waals surface area contributed by atoms with E-state index in [0.29, 0.717) is 12.3 Å². The Kier molecular flexibility index (Phi) is 6.57. The van der Waals surface area contributed by atoms with Gasteiger partial charge in [0.05, 0.1) is 11.5 Å². The standard InChI is InChI=1S/C33H54N2O4/c1-19(2)25-22(37)18-33(27(38)35-34)17-16-29(6)21(26(25)33)10-14-32(9)30(7)13-12-24(39-20(3)36)28(4,5)23(30)11-15-31(29,32)8/h19,21-24,37H,10-18,34H2,1-9H3,(H,35,38)/t21-,22+,23+,24+,29-,30?,31+,32-,33?/m1/s1. The number of ether oxygens (including phenoxy) is 1. The Morgan fingerprint density at radius 1 is 0.923 bits per heavy atom. The van der Waals surface area contributed by atoms with Gasteiger partial charge in [0.2, 0.25) is 5.91 Å². The Morgan fingerprint density at radius 2 is 1.54 bits per heavy atom. The summed E-state index contributed by atoms with van der Waals surface area (Å²) in [6.07, 6.45) is 7.97. The van der Waals surface area contributed by atoms with Crippen molar-refractivity contribution in [3.63, 3.8) is 0 Å². The second-order valence-electron chi connectivity index (χ2n) is 15.9. The van der Waals surface area contributed by atoms with Gasteiger partial charge in [-0.05, 0) is 108 Å². The molecule has 1 amide bonds. The van der Waals surface area contributed by atoms with E-state index in [2.05, 4.69) is 60.8 Å². The van der Waals surface area contributed by atoms with Crippen LogP contribution in [0.5, 0.6) is 0 Å². The van der Waals surface area contributed by atoms with E-state index >= 15 is 0 Å². The van der Waals surface area contributed by atoms with Gasteiger partial charge in [-0.1, -0.05) is 55.4 Å². The van der Waals surface area contributed by atoms with Gasteiger partial charge < -0.3 is 9.84 Å². The van der Waals surface area contributed by atoms with Crippen molar-refractivity contribution in [3.05, 3.63) is 11.1 Å². The summed E-state index contributed by atoms with van der Waals surface area (Å²) in [5.74, 6) is 6.44. The molecule has 0 aromatic heterocycles. The maximum Gasteiger partial charge on any atom is 0.302 e. The maximum absolute atomic E-state index is 13.5. The van der Waals surface area contributed by atoms with E-state index < -0.39 is 11.5 Å². The Morgan fingerprint density at radius 3 is 2.13 bits per heavy atom. The molecule has 4 fully saturated rings. The highest BCUT2D eigenvalue weighted by Crippen LogP contribution is 2.81. The molecule has 5 aliphatic carbocycles. The van der Waals surface area contributed by atoms with Crippen molar-refractivity contribution in [2.45, 2.75) is 132 Å². The first-order valence-electron chi connectivity index (χ1n) is 15.6. The molecule has 0 heterocycles. The molecule has 9 atom stereocenters. The summed E-state index contributed by atoms with van der Waals surface area (Å²) in [5, 5.41) is 11.3. The summed E-state index contributed by atoms with van der Waals surface area (Å²) in [5.41, 5.74) is 4.40. The van der Waals surface area contributed by atoms with Gasteiger partial charge in [-0.3, -0.25) is 15.0 Å². The summed E-state index contributed by atoms with van der Waals surface area (Å²) < 4.78 is 5.92. The van der Waals surface area contributed by atoms with Crippen LogP contribution < -0.4 is 11.3 Å². The number of amides is 1. The molecule has 0 saturated heterocycles. The minimum Gasteiger partial charge on any atom is -0.462 e. The molecule has 220 valence electrons. The van der Waals surface area contributed by atoms with Crippen LogP contribution in [0.3, 0.4) is 0 Å². The van der Waals surface area contributed by atoms with Crippen molar-refractivity contribution in [2.75, 3.05) is 0 Å². The Labute approximate surface area is 236 Å². The summed E-state index contributed by atoms with van der Waals surface area (Å²) in [6.45, 7) is 20.8. The van der Waals surface area contributed by atoms with Gasteiger partial charge in [-0.25, -0.2) is 5.84 Å². The molecule has 0 aromatic rings. The number of aliphatic hydroxyl groups is 1. The number of carbonyl (C=O) groups excluding carboxylic acids is 2. The largest absolute Gasteiger partial charge is 0.462 e. The molecule has 4 N–H and O–H groups in total. The smallest absolute Gasteiger partial charge is 0.302 e. The van der Waals surface area contributed by atoms with E-state index in [-0.39, 0.29) is 56.9 Å². The third kappa shape index (κ3) is 3.40. The molecule has 0 aliphatic heterocycles. The molecule has 39 heavy (non-hydrogen) atoms. The molecule has 0 radical (unpaired) electrons. The van der Waals surface area contributed by atoms with E-state index in [1.54, 1.807) is 6.92 Å². The van der Waals surface area contributed by atoms with Crippen LogP contribution in [0.1, 0.15) is 120 Å². The zero-order valence-electron chi connectivity index (χ0n) is 26.0. The Bertz CT molecular complexity index is 1100. The Balaban J connectivity index is 1.61. The van der Waals surface area contributed by atoms with Gasteiger partial charge in [-0.15, -0.1) is 0 Å². The molecule has 2 unspecified atom stereocenters. The minimum atomic E-state index is -0.687. The van der Waals surface area contributed by atoms with Crippen LogP contribution in [0.15, 0.2) is 11.1 Å². The molecule has 6 nitrogen and oxygen atoms in total. The first-order chi connectivity index (χ1) is 18.0. The monoisotopic (exact) mass is 542 g/mol. The number of rotatable bonds is 3. The number of carbonyl (C=O) groups is 2. The highest BCUT2D eigenvalue weighted by Gasteiger charge is 2.74. The van der Waals surface area contributed by atoms with Crippen LogP contribution in [0.25, 0.3) is 0 Å². The highest BCUT2D eigenvalue weighted by atomic mass is 16.5. The molecular weight excluding hydrogens is 488 g/mol. The van der Waals surface area contributed by atoms with E-state index in [1.807, 2.05) is 0 Å².